The maximum absolute atomic E-state index is 11.9. The van der Waals surface area contributed by atoms with Crippen LogP contribution in [-0.4, -0.2) is 31.0 Å². The molecule has 0 radical (unpaired) electrons. The van der Waals surface area contributed by atoms with Gasteiger partial charge in [-0.05, 0) is 43.9 Å². The summed E-state index contributed by atoms with van der Waals surface area (Å²) in [7, 11) is 1.88. The maximum Gasteiger partial charge on any atom is 0.251 e. The molecule has 0 aromatic heterocycles. The van der Waals surface area contributed by atoms with Gasteiger partial charge in [-0.25, -0.2) is 0 Å². The molecule has 1 aromatic carbocycles. The topological polar surface area (TPSA) is 41.1 Å². The first-order chi connectivity index (χ1) is 8.08. The molecule has 17 heavy (non-hydrogen) atoms. The van der Waals surface area contributed by atoms with Gasteiger partial charge < -0.3 is 10.6 Å². The molecule has 0 bridgehead atoms. The van der Waals surface area contributed by atoms with E-state index in [1.54, 1.807) is 11.8 Å². The Morgan fingerprint density at radius 2 is 2.18 bits per heavy atom. The number of hydrogen-bond acceptors (Lipinski definition) is 3. The third-order valence-corrected chi connectivity index (χ3v) is 3.39. The number of carbonyl (C=O) groups excluding carboxylic acids is 1. The van der Waals surface area contributed by atoms with Gasteiger partial charge in [0.2, 0.25) is 0 Å². The number of amides is 1. The summed E-state index contributed by atoms with van der Waals surface area (Å²) in [5.41, 5.74) is 2.85. The van der Waals surface area contributed by atoms with Gasteiger partial charge in [-0.15, -0.1) is 0 Å². The third kappa shape index (κ3) is 3.97. The van der Waals surface area contributed by atoms with Crippen molar-refractivity contribution in [3.8, 4) is 0 Å². The van der Waals surface area contributed by atoms with Gasteiger partial charge in [0, 0.05) is 30.1 Å². The van der Waals surface area contributed by atoms with Crippen LogP contribution in [0.25, 0.3) is 0 Å². The minimum Gasteiger partial charge on any atom is -0.388 e. The van der Waals surface area contributed by atoms with Crippen molar-refractivity contribution in [1.82, 2.24) is 5.32 Å². The molecule has 1 rings (SSSR count). The molecule has 3 nitrogen and oxygen atoms in total. The first-order valence-electron chi connectivity index (χ1n) is 5.66. The Balaban J connectivity index is 2.72. The van der Waals surface area contributed by atoms with Crippen LogP contribution in [0.3, 0.4) is 0 Å². The number of rotatable bonds is 5. The lowest BCUT2D eigenvalue weighted by atomic mass is 10.1. The van der Waals surface area contributed by atoms with Gasteiger partial charge >= 0.3 is 0 Å². The van der Waals surface area contributed by atoms with Gasteiger partial charge in [-0.1, -0.05) is 0 Å². The molecule has 0 spiro atoms. The minimum atomic E-state index is -0.00250. The fraction of sp³-hybridized carbons (Fsp3) is 0.462. The zero-order chi connectivity index (χ0) is 12.8. The monoisotopic (exact) mass is 252 g/mol. The van der Waals surface area contributed by atoms with Gasteiger partial charge in [0.15, 0.2) is 0 Å². The van der Waals surface area contributed by atoms with Gasteiger partial charge in [-0.2, -0.15) is 11.8 Å². The molecule has 1 aromatic rings. The van der Waals surface area contributed by atoms with E-state index in [1.165, 1.54) is 0 Å². The summed E-state index contributed by atoms with van der Waals surface area (Å²) in [5.74, 6) is 0.927. The molecule has 0 fully saturated rings. The van der Waals surface area contributed by atoms with Crippen LogP contribution in [0.15, 0.2) is 18.2 Å². The van der Waals surface area contributed by atoms with E-state index < -0.39 is 0 Å². The highest BCUT2D eigenvalue weighted by molar-refractivity contribution is 7.98. The normalized spacial score (nSPS) is 12.0. The minimum absolute atomic E-state index is 0.00250. The van der Waals surface area contributed by atoms with E-state index in [0.717, 1.165) is 22.6 Å². The van der Waals surface area contributed by atoms with Crippen molar-refractivity contribution < 1.29 is 4.79 Å². The fourth-order valence-electron chi connectivity index (χ4n) is 1.68. The first-order valence-corrected chi connectivity index (χ1v) is 7.06. The second kappa shape index (κ2) is 6.55. The zero-order valence-electron chi connectivity index (χ0n) is 10.8. The lowest BCUT2D eigenvalue weighted by Gasteiger charge is -2.13. The number of hydrogen-bond donors (Lipinski definition) is 2. The van der Waals surface area contributed by atoms with Crippen molar-refractivity contribution in [2.24, 2.45) is 0 Å². The quantitative estimate of drug-likeness (QED) is 0.846. The van der Waals surface area contributed by atoms with Crippen LogP contribution in [0.4, 0.5) is 5.69 Å². The van der Waals surface area contributed by atoms with E-state index in [9.17, 15) is 4.79 Å². The van der Waals surface area contributed by atoms with E-state index >= 15 is 0 Å². The van der Waals surface area contributed by atoms with Crippen LogP contribution in [0, 0.1) is 6.92 Å². The number of benzene rings is 1. The highest BCUT2D eigenvalue weighted by Gasteiger charge is 2.10. The number of thioether (sulfide) groups is 1. The molecule has 1 atom stereocenters. The molecule has 1 amide bonds. The molecule has 4 heteroatoms. The van der Waals surface area contributed by atoms with Gasteiger partial charge in [0.05, 0.1) is 0 Å². The Morgan fingerprint density at radius 1 is 1.47 bits per heavy atom. The van der Waals surface area contributed by atoms with Crippen molar-refractivity contribution in [1.29, 1.82) is 0 Å². The van der Waals surface area contributed by atoms with Crippen molar-refractivity contribution in [2.45, 2.75) is 19.9 Å². The third-order valence-electron chi connectivity index (χ3n) is 2.55. The van der Waals surface area contributed by atoms with Gasteiger partial charge in [-0.3, -0.25) is 4.79 Å². The Morgan fingerprint density at radius 3 is 2.71 bits per heavy atom. The Labute approximate surface area is 107 Å². The Kier molecular flexibility index (Phi) is 5.35. The summed E-state index contributed by atoms with van der Waals surface area (Å²) >= 11 is 1.73. The first kappa shape index (κ1) is 13.9. The maximum atomic E-state index is 11.9. The second-order valence-electron chi connectivity index (χ2n) is 4.11. The zero-order valence-corrected chi connectivity index (χ0v) is 11.6. The fourth-order valence-corrected chi connectivity index (χ4v) is 2.27. The Bertz CT molecular complexity index is 393. The number of nitrogens with one attached hydrogen (secondary N) is 2. The lowest BCUT2D eigenvalue weighted by Crippen LogP contribution is -2.34. The standard InChI is InChI=1S/C13H20N2OS/c1-9-7-11(5-6-12(9)14-3)13(16)15-10(2)8-17-4/h5-7,10,14H,8H2,1-4H3,(H,15,16). The van der Waals surface area contributed by atoms with E-state index in [-0.39, 0.29) is 11.9 Å². The molecule has 0 heterocycles. The molecule has 0 aliphatic rings. The van der Waals surface area contributed by atoms with E-state index in [4.69, 9.17) is 0 Å². The Hall–Kier alpha value is -1.16. The summed E-state index contributed by atoms with van der Waals surface area (Å²) in [6, 6.07) is 5.89. The number of carbonyl (C=O) groups is 1. The van der Waals surface area contributed by atoms with Crippen molar-refractivity contribution in [2.75, 3.05) is 24.4 Å². The molecule has 0 saturated carbocycles. The molecular weight excluding hydrogens is 232 g/mol. The van der Waals surface area contributed by atoms with Crippen LogP contribution in [0.2, 0.25) is 0 Å². The van der Waals surface area contributed by atoms with Crippen LogP contribution < -0.4 is 10.6 Å². The van der Waals surface area contributed by atoms with E-state index in [2.05, 4.69) is 10.6 Å². The average Bonchev–Trinajstić information content (AvgIpc) is 2.29. The van der Waals surface area contributed by atoms with E-state index in [0.29, 0.717) is 0 Å². The number of anilines is 1. The van der Waals surface area contributed by atoms with E-state index in [1.807, 2.05) is 45.4 Å². The lowest BCUT2D eigenvalue weighted by molar-refractivity contribution is 0.0943. The molecule has 94 valence electrons. The molecule has 0 saturated heterocycles. The molecular formula is C13H20N2OS. The smallest absolute Gasteiger partial charge is 0.251 e. The SMILES string of the molecule is CNc1ccc(C(=O)NC(C)CSC)cc1C. The molecule has 2 N–H and O–H groups in total. The summed E-state index contributed by atoms with van der Waals surface area (Å²) in [6.45, 7) is 4.01. The second-order valence-corrected chi connectivity index (χ2v) is 5.02. The van der Waals surface area contributed by atoms with Crippen LogP contribution in [0.5, 0.6) is 0 Å². The van der Waals surface area contributed by atoms with Gasteiger partial charge in [0.25, 0.3) is 5.91 Å². The highest BCUT2D eigenvalue weighted by atomic mass is 32.2. The van der Waals surface area contributed by atoms with Crippen molar-refractivity contribution in [3.63, 3.8) is 0 Å². The molecule has 0 aliphatic heterocycles. The summed E-state index contributed by atoms with van der Waals surface area (Å²) in [6.07, 6.45) is 2.04. The summed E-state index contributed by atoms with van der Waals surface area (Å²) in [4.78, 5) is 11.9. The highest BCUT2D eigenvalue weighted by Crippen LogP contribution is 2.15. The summed E-state index contributed by atoms with van der Waals surface area (Å²) < 4.78 is 0. The largest absolute Gasteiger partial charge is 0.388 e. The predicted molar refractivity (Wildman–Crippen MR) is 76.0 cm³/mol. The van der Waals surface area contributed by atoms with Crippen LogP contribution in [0.1, 0.15) is 22.8 Å². The van der Waals surface area contributed by atoms with Crippen LogP contribution >= 0.6 is 11.8 Å². The molecule has 0 aliphatic carbocycles. The predicted octanol–water partition coefficient (Wildman–Crippen LogP) is 2.52. The van der Waals surface area contributed by atoms with Crippen LogP contribution in [-0.2, 0) is 0 Å². The number of aryl methyl sites for hydroxylation is 1. The average molecular weight is 252 g/mol. The van der Waals surface area contributed by atoms with Crippen molar-refractivity contribution >= 4 is 23.4 Å². The van der Waals surface area contributed by atoms with Crippen molar-refractivity contribution in [3.05, 3.63) is 29.3 Å². The molecule has 1 unspecified atom stereocenters. The van der Waals surface area contributed by atoms with Gasteiger partial charge in [0.1, 0.15) is 0 Å². The summed E-state index contributed by atoms with van der Waals surface area (Å²) in [5, 5.41) is 6.07.